The maximum absolute atomic E-state index is 12.9. The lowest BCUT2D eigenvalue weighted by Crippen LogP contribution is -2.42. The molecule has 1 aromatic heterocycles. The normalized spacial score (nSPS) is 16.7. The van der Waals surface area contributed by atoms with Gasteiger partial charge in [-0.3, -0.25) is 4.79 Å². The lowest BCUT2D eigenvalue weighted by molar-refractivity contribution is 0.0221. The number of hydrogen-bond acceptors (Lipinski definition) is 5. The van der Waals surface area contributed by atoms with E-state index in [1.54, 1.807) is 22.5 Å². The van der Waals surface area contributed by atoms with Crippen molar-refractivity contribution in [1.29, 1.82) is 0 Å². The molecule has 1 fully saturated rings. The Kier molecular flexibility index (Phi) is 5.31. The molecule has 7 heteroatoms. The summed E-state index contributed by atoms with van der Waals surface area (Å²) in [6.45, 7) is 8.84. The molecule has 0 N–H and O–H groups in total. The first kappa shape index (κ1) is 19.5. The second kappa shape index (κ2) is 7.37. The highest BCUT2D eigenvalue weighted by molar-refractivity contribution is 5.89. The van der Waals surface area contributed by atoms with Gasteiger partial charge in [0.2, 0.25) is 0 Å². The van der Waals surface area contributed by atoms with Crippen LogP contribution in [0.15, 0.2) is 10.9 Å². The van der Waals surface area contributed by atoms with Crippen LogP contribution in [0, 0.1) is 5.92 Å². The standard InChI is InChI=1S/C20H28N2O5/c1-5-26-18(24)15-10-14-12-21(19(25)27-20(2,3)4)9-8-16(14)22(17(15)23)11-13-6-7-13/h10,13H,5-9,11-12H2,1-4H3. The number of esters is 1. The van der Waals surface area contributed by atoms with Crippen molar-refractivity contribution in [3.8, 4) is 0 Å². The third-order valence-electron chi connectivity index (χ3n) is 4.76. The van der Waals surface area contributed by atoms with E-state index in [1.165, 1.54) is 0 Å². The van der Waals surface area contributed by atoms with Crippen molar-refractivity contribution < 1.29 is 19.1 Å². The molecular weight excluding hydrogens is 348 g/mol. The lowest BCUT2D eigenvalue weighted by atomic mass is 10.0. The van der Waals surface area contributed by atoms with E-state index in [0.717, 1.165) is 24.1 Å². The predicted molar refractivity (Wildman–Crippen MR) is 99.7 cm³/mol. The Morgan fingerprint density at radius 1 is 1.26 bits per heavy atom. The third kappa shape index (κ3) is 4.51. The van der Waals surface area contributed by atoms with Crippen LogP contribution in [-0.4, -0.2) is 40.3 Å². The van der Waals surface area contributed by atoms with Crippen molar-refractivity contribution in [2.45, 2.75) is 65.6 Å². The van der Waals surface area contributed by atoms with Crippen LogP contribution in [0.1, 0.15) is 62.2 Å². The lowest BCUT2D eigenvalue weighted by Gasteiger charge is -2.32. The van der Waals surface area contributed by atoms with Crippen LogP contribution in [-0.2, 0) is 29.0 Å². The predicted octanol–water partition coefficient (Wildman–Crippen LogP) is 2.73. The van der Waals surface area contributed by atoms with E-state index in [-0.39, 0.29) is 23.8 Å². The van der Waals surface area contributed by atoms with Crippen LogP contribution in [0.25, 0.3) is 0 Å². The summed E-state index contributed by atoms with van der Waals surface area (Å²) in [5.41, 5.74) is 0.917. The monoisotopic (exact) mass is 376 g/mol. The number of aromatic nitrogens is 1. The van der Waals surface area contributed by atoms with Crippen LogP contribution in [0.2, 0.25) is 0 Å². The number of ether oxygens (including phenoxy) is 2. The largest absolute Gasteiger partial charge is 0.462 e. The Hall–Kier alpha value is -2.31. The quantitative estimate of drug-likeness (QED) is 0.755. The summed E-state index contributed by atoms with van der Waals surface area (Å²) in [6, 6.07) is 1.59. The van der Waals surface area contributed by atoms with Gasteiger partial charge in [-0.25, -0.2) is 9.59 Å². The van der Waals surface area contributed by atoms with Crippen LogP contribution in [0.3, 0.4) is 0 Å². The Morgan fingerprint density at radius 3 is 2.56 bits per heavy atom. The van der Waals surface area contributed by atoms with Crippen LogP contribution in [0.5, 0.6) is 0 Å². The van der Waals surface area contributed by atoms with Gasteiger partial charge in [-0.2, -0.15) is 0 Å². The van der Waals surface area contributed by atoms with Crippen LogP contribution >= 0.6 is 0 Å². The second-order valence-corrected chi connectivity index (χ2v) is 8.26. The van der Waals surface area contributed by atoms with Crippen molar-refractivity contribution in [1.82, 2.24) is 9.47 Å². The van der Waals surface area contributed by atoms with Gasteiger partial charge in [0.05, 0.1) is 13.2 Å². The Labute approximate surface area is 159 Å². The van der Waals surface area contributed by atoms with E-state index < -0.39 is 11.6 Å². The number of hydrogen-bond donors (Lipinski definition) is 0. The van der Waals surface area contributed by atoms with Gasteiger partial charge in [0.15, 0.2) is 0 Å². The molecule has 0 unspecified atom stereocenters. The fourth-order valence-corrected chi connectivity index (χ4v) is 3.31. The average Bonchev–Trinajstić information content (AvgIpc) is 3.39. The summed E-state index contributed by atoms with van der Waals surface area (Å²) >= 11 is 0. The van der Waals surface area contributed by atoms with Gasteiger partial charge in [0, 0.05) is 25.2 Å². The minimum atomic E-state index is -0.607. The molecule has 1 saturated carbocycles. The number of nitrogens with zero attached hydrogens (tertiary/aromatic N) is 2. The summed E-state index contributed by atoms with van der Waals surface area (Å²) in [7, 11) is 0. The van der Waals surface area contributed by atoms with Crippen molar-refractivity contribution in [3.63, 3.8) is 0 Å². The van der Waals surface area contributed by atoms with Crippen LogP contribution in [0.4, 0.5) is 4.79 Å². The zero-order chi connectivity index (χ0) is 19.8. The van der Waals surface area contributed by atoms with E-state index in [4.69, 9.17) is 9.47 Å². The number of pyridine rings is 1. The third-order valence-corrected chi connectivity index (χ3v) is 4.76. The van der Waals surface area contributed by atoms with Gasteiger partial charge >= 0.3 is 12.1 Å². The second-order valence-electron chi connectivity index (χ2n) is 8.26. The molecule has 0 bridgehead atoms. The molecule has 148 valence electrons. The average molecular weight is 376 g/mol. The first-order valence-electron chi connectivity index (χ1n) is 9.60. The highest BCUT2D eigenvalue weighted by Crippen LogP contribution is 2.31. The maximum atomic E-state index is 12.9. The topological polar surface area (TPSA) is 77.8 Å². The Bertz CT molecular complexity index is 802. The number of fused-ring (bicyclic) bond motifs is 1. The Morgan fingerprint density at radius 2 is 1.96 bits per heavy atom. The van der Waals surface area contributed by atoms with Gasteiger partial charge in [0.1, 0.15) is 11.2 Å². The molecule has 0 aromatic carbocycles. The Balaban J connectivity index is 1.94. The zero-order valence-corrected chi connectivity index (χ0v) is 16.5. The highest BCUT2D eigenvalue weighted by Gasteiger charge is 2.31. The molecule has 3 rings (SSSR count). The molecule has 0 saturated heterocycles. The fraction of sp³-hybridized carbons (Fsp3) is 0.650. The van der Waals surface area contributed by atoms with Gasteiger partial charge in [0.25, 0.3) is 5.56 Å². The van der Waals surface area contributed by atoms with Gasteiger partial charge in [-0.1, -0.05) is 0 Å². The SMILES string of the molecule is CCOC(=O)c1cc2c(n(CC3CC3)c1=O)CCN(C(=O)OC(C)(C)C)C2. The highest BCUT2D eigenvalue weighted by atomic mass is 16.6. The number of rotatable bonds is 4. The van der Waals surface area contributed by atoms with Gasteiger partial charge < -0.3 is 18.9 Å². The molecule has 2 aliphatic rings. The zero-order valence-electron chi connectivity index (χ0n) is 16.5. The molecule has 1 aliphatic carbocycles. The molecule has 0 spiro atoms. The molecule has 27 heavy (non-hydrogen) atoms. The molecule has 1 aromatic rings. The maximum Gasteiger partial charge on any atom is 0.410 e. The summed E-state index contributed by atoms with van der Waals surface area (Å²) in [6.07, 6.45) is 2.40. The summed E-state index contributed by atoms with van der Waals surface area (Å²) in [4.78, 5) is 39.2. The molecule has 7 nitrogen and oxygen atoms in total. The first-order chi connectivity index (χ1) is 12.7. The number of amides is 1. The number of carbonyl (C=O) groups excluding carboxylic acids is 2. The first-order valence-corrected chi connectivity index (χ1v) is 9.60. The van der Waals surface area contributed by atoms with E-state index in [1.807, 2.05) is 20.8 Å². The molecule has 2 heterocycles. The summed E-state index contributed by atoms with van der Waals surface area (Å²) in [5, 5.41) is 0. The summed E-state index contributed by atoms with van der Waals surface area (Å²) in [5.74, 6) is -0.114. The van der Waals surface area contributed by atoms with E-state index in [0.29, 0.717) is 32.0 Å². The van der Waals surface area contributed by atoms with Crippen molar-refractivity contribution in [2.24, 2.45) is 5.92 Å². The molecule has 0 radical (unpaired) electrons. The molecule has 1 amide bonds. The molecule has 0 atom stereocenters. The number of carbonyl (C=O) groups is 2. The fourth-order valence-electron chi connectivity index (χ4n) is 3.31. The van der Waals surface area contributed by atoms with Gasteiger partial charge in [-0.05, 0) is 58.1 Å². The minimum absolute atomic E-state index is 0.0438. The molecule has 1 aliphatic heterocycles. The van der Waals surface area contributed by atoms with Crippen molar-refractivity contribution in [2.75, 3.05) is 13.2 Å². The van der Waals surface area contributed by atoms with E-state index >= 15 is 0 Å². The summed E-state index contributed by atoms with van der Waals surface area (Å²) < 4.78 is 12.2. The van der Waals surface area contributed by atoms with Crippen molar-refractivity contribution >= 4 is 12.1 Å². The van der Waals surface area contributed by atoms with E-state index in [2.05, 4.69) is 0 Å². The van der Waals surface area contributed by atoms with E-state index in [9.17, 15) is 14.4 Å². The van der Waals surface area contributed by atoms with Gasteiger partial charge in [-0.15, -0.1) is 0 Å². The molecular formula is C20H28N2O5. The van der Waals surface area contributed by atoms with Crippen LogP contribution < -0.4 is 5.56 Å². The minimum Gasteiger partial charge on any atom is -0.462 e. The smallest absolute Gasteiger partial charge is 0.410 e. The van der Waals surface area contributed by atoms with Crippen molar-refractivity contribution in [3.05, 3.63) is 33.2 Å².